The maximum atomic E-state index is 12.8. The van der Waals surface area contributed by atoms with Gasteiger partial charge in [-0.15, -0.1) is 0 Å². The lowest BCUT2D eigenvalue weighted by molar-refractivity contribution is 0.415. The highest BCUT2D eigenvalue weighted by atomic mass is 35.5. The molecule has 0 heterocycles. The van der Waals surface area contributed by atoms with Gasteiger partial charge in [-0.2, -0.15) is 0 Å². The van der Waals surface area contributed by atoms with Crippen molar-refractivity contribution >= 4 is 40.3 Å². The zero-order valence-electron chi connectivity index (χ0n) is 10.6. The van der Waals surface area contributed by atoms with Crippen molar-refractivity contribution in [1.82, 2.24) is 0 Å². The fourth-order valence-electron chi connectivity index (χ4n) is 1.57. The Balaban J connectivity index is 2.01. The van der Waals surface area contributed by atoms with E-state index in [1.807, 2.05) is 0 Å². The molecule has 0 aliphatic heterocycles. The Morgan fingerprint density at radius 3 is 2.30 bits per heavy atom. The lowest BCUT2D eigenvalue weighted by Crippen LogP contribution is -2.18. The van der Waals surface area contributed by atoms with Crippen LogP contribution >= 0.6 is 23.8 Å². The first kappa shape index (κ1) is 14.6. The van der Waals surface area contributed by atoms with Crippen LogP contribution in [0, 0.1) is 5.82 Å². The number of benzene rings is 2. The molecule has 2 aromatic rings. The van der Waals surface area contributed by atoms with Crippen LogP contribution in [0.5, 0.6) is 5.75 Å². The number of nitrogens with one attached hydrogen (secondary N) is 2. The normalized spacial score (nSPS) is 9.95. The number of rotatable bonds is 3. The van der Waals surface area contributed by atoms with E-state index in [9.17, 15) is 4.39 Å². The van der Waals surface area contributed by atoms with E-state index in [4.69, 9.17) is 28.6 Å². The Bertz CT molecular complexity index is 619. The van der Waals surface area contributed by atoms with Crippen molar-refractivity contribution in [3.05, 3.63) is 53.3 Å². The van der Waals surface area contributed by atoms with Crippen LogP contribution in [0.3, 0.4) is 0 Å². The zero-order valence-corrected chi connectivity index (χ0v) is 12.2. The van der Waals surface area contributed by atoms with E-state index in [1.54, 1.807) is 37.4 Å². The van der Waals surface area contributed by atoms with Crippen molar-refractivity contribution in [2.75, 3.05) is 17.7 Å². The SMILES string of the molecule is COc1ccc(NC(=S)Nc2ccc(F)cc2)cc1Cl. The summed E-state index contributed by atoms with van der Waals surface area (Å²) in [6.07, 6.45) is 0. The summed E-state index contributed by atoms with van der Waals surface area (Å²) >= 11 is 11.2. The van der Waals surface area contributed by atoms with Gasteiger partial charge in [0.1, 0.15) is 11.6 Å². The molecule has 2 aromatic carbocycles. The third-order valence-electron chi connectivity index (χ3n) is 2.51. The molecule has 104 valence electrons. The van der Waals surface area contributed by atoms with Gasteiger partial charge in [0.05, 0.1) is 12.1 Å². The first-order valence-corrected chi connectivity index (χ1v) is 6.54. The predicted molar refractivity (Wildman–Crippen MR) is 84.2 cm³/mol. The third kappa shape index (κ3) is 3.82. The van der Waals surface area contributed by atoms with Crippen molar-refractivity contribution in [3.8, 4) is 5.75 Å². The standard InChI is InChI=1S/C14H12ClFN2OS/c1-19-13-7-6-11(8-12(13)15)18-14(20)17-10-4-2-9(16)3-5-10/h2-8H,1H3,(H2,17,18,20). The van der Waals surface area contributed by atoms with E-state index in [0.717, 1.165) is 5.69 Å². The number of methoxy groups -OCH3 is 1. The molecule has 0 unspecified atom stereocenters. The predicted octanol–water partition coefficient (Wildman–Crippen LogP) is 4.30. The van der Waals surface area contributed by atoms with Crippen LogP contribution in [-0.2, 0) is 0 Å². The van der Waals surface area contributed by atoms with Gasteiger partial charge in [-0.3, -0.25) is 0 Å². The van der Waals surface area contributed by atoms with Crippen molar-refractivity contribution in [2.45, 2.75) is 0 Å². The monoisotopic (exact) mass is 310 g/mol. The summed E-state index contributed by atoms with van der Waals surface area (Å²) in [6.45, 7) is 0. The Morgan fingerprint density at radius 2 is 1.70 bits per heavy atom. The van der Waals surface area contributed by atoms with Crippen LogP contribution in [0.2, 0.25) is 5.02 Å². The lowest BCUT2D eigenvalue weighted by atomic mass is 10.3. The third-order valence-corrected chi connectivity index (χ3v) is 3.01. The maximum absolute atomic E-state index is 12.8. The highest BCUT2D eigenvalue weighted by Crippen LogP contribution is 2.27. The summed E-state index contributed by atoms with van der Waals surface area (Å²) in [5.41, 5.74) is 1.43. The van der Waals surface area contributed by atoms with Crippen LogP contribution in [0.25, 0.3) is 0 Å². The molecule has 2 rings (SSSR count). The number of hydrogen-bond acceptors (Lipinski definition) is 2. The number of ether oxygens (including phenoxy) is 1. The molecule has 20 heavy (non-hydrogen) atoms. The maximum Gasteiger partial charge on any atom is 0.175 e. The summed E-state index contributed by atoms with van der Waals surface area (Å²) in [7, 11) is 1.55. The average Bonchev–Trinajstić information content (AvgIpc) is 2.41. The van der Waals surface area contributed by atoms with Gasteiger partial charge in [-0.1, -0.05) is 11.6 Å². The molecule has 0 fully saturated rings. The summed E-state index contributed by atoms with van der Waals surface area (Å²) < 4.78 is 17.9. The summed E-state index contributed by atoms with van der Waals surface area (Å²) in [6, 6.07) is 11.2. The lowest BCUT2D eigenvalue weighted by Gasteiger charge is -2.11. The molecule has 0 saturated carbocycles. The molecule has 0 atom stereocenters. The molecule has 0 spiro atoms. The van der Waals surface area contributed by atoms with Gasteiger partial charge in [-0.25, -0.2) is 4.39 Å². The van der Waals surface area contributed by atoms with Gasteiger partial charge in [0.2, 0.25) is 0 Å². The van der Waals surface area contributed by atoms with Crippen molar-refractivity contribution in [1.29, 1.82) is 0 Å². The van der Waals surface area contributed by atoms with Gasteiger partial charge < -0.3 is 15.4 Å². The second kappa shape index (κ2) is 6.54. The molecule has 2 N–H and O–H groups in total. The van der Waals surface area contributed by atoms with E-state index in [1.165, 1.54) is 12.1 Å². The largest absolute Gasteiger partial charge is 0.495 e. The molecule has 0 amide bonds. The average molecular weight is 311 g/mol. The van der Waals surface area contributed by atoms with Crippen LogP contribution in [-0.4, -0.2) is 12.2 Å². The molecule has 0 radical (unpaired) electrons. The van der Waals surface area contributed by atoms with E-state index in [-0.39, 0.29) is 5.82 Å². The highest BCUT2D eigenvalue weighted by Gasteiger charge is 2.03. The molecule has 0 aromatic heterocycles. The van der Waals surface area contributed by atoms with E-state index in [2.05, 4.69) is 10.6 Å². The Morgan fingerprint density at radius 1 is 1.10 bits per heavy atom. The molecule has 0 bridgehead atoms. The van der Waals surface area contributed by atoms with Crippen LogP contribution in [0.1, 0.15) is 0 Å². The van der Waals surface area contributed by atoms with Crippen LogP contribution in [0.4, 0.5) is 15.8 Å². The van der Waals surface area contributed by atoms with Crippen molar-refractivity contribution in [2.24, 2.45) is 0 Å². The minimum Gasteiger partial charge on any atom is -0.495 e. The van der Waals surface area contributed by atoms with Crippen molar-refractivity contribution < 1.29 is 9.13 Å². The van der Waals surface area contributed by atoms with Crippen LogP contribution in [0.15, 0.2) is 42.5 Å². The molecule has 0 aliphatic carbocycles. The number of anilines is 2. The van der Waals surface area contributed by atoms with Gasteiger partial charge in [0.25, 0.3) is 0 Å². The first-order chi connectivity index (χ1) is 9.58. The Labute approximate surface area is 126 Å². The molecular weight excluding hydrogens is 299 g/mol. The second-order valence-electron chi connectivity index (χ2n) is 3.94. The van der Waals surface area contributed by atoms with E-state index >= 15 is 0 Å². The highest BCUT2D eigenvalue weighted by molar-refractivity contribution is 7.80. The molecule has 0 saturated heterocycles. The minimum absolute atomic E-state index is 0.295. The van der Waals surface area contributed by atoms with Gasteiger partial charge in [0, 0.05) is 11.4 Å². The fourth-order valence-corrected chi connectivity index (χ4v) is 2.06. The molecule has 0 aliphatic rings. The van der Waals surface area contributed by atoms with Gasteiger partial charge in [0.15, 0.2) is 5.11 Å². The number of thiocarbonyl (C=S) groups is 1. The summed E-state index contributed by atoms with van der Waals surface area (Å²) in [4.78, 5) is 0. The molecular formula is C14H12ClFN2OS. The first-order valence-electron chi connectivity index (χ1n) is 5.75. The molecule has 3 nitrogen and oxygen atoms in total. The van der Waals surface area contributed by atoms with Crippen molar-refractivity contribution in [3.63, 3.8) is 0 Å². The van der Waals surface area contributed by atoms with E-state index in [0.29, 0.717) is 21.6 Å². The van der Waals surface area contributed by atoms with E-state index < -0.39 is 0 Å². The summed E-state index contributed by atoms with van der Waals surface area (Å²) in [5, 5.41) is 6.80. The Kier molecular flexibility index (Phi) is 4.76. The molecule has 6 heteroatoms. The smallest absolute Gasteiger partial charge is 0.175 e. The van der Waals surface area contributed by atoms with Gasteiger partial charge in [-0.05, 0) is 54.7 Å². The second-order valence-corrected chi connectivity index (χ2v) is 4.75. The number of hydrogen-bond donors (Lipinski definition) is 2. The topological polar surface area (TPSA) is 33.3 Å². The zero-order chi connectivity index (χ0) is 14.5. The van der Waals surface area contributed by atoms with Gasteiger partial charge >= 0.3 is 0 Å². The minimum atomic E-state index is -0.295. The number of halogens is 2. The van der Waals surface area contributed by atoms with Crippen LogP contribution < -0.4 is 15.4 Å². The fraction of sp³-hybridized carbons (Fsp3) is 0.0714. The summed E-state index contributed by atoms with van der Waals surface area (Å²) in [5.74, 6) is 0.297. The quantitative estimate of drug-likeness (QED) is 0.828. The Hall–Kier alpha value is -1.85.